The van der Waals surface area contributed by atoms with Gasteiger partial charge in [-0.3, -0.25) is 0 Å². The zero-order chi connectivity index (χ0) is 16.5. The average molecular weight is 323 g/mol. The minimum Gasteiger partial charge on any atom is -0.380 e. The van der Waals surface area contributed by atoms with Crippen LogP contribution in [0.5, 0.6) is 0 Å². The molecular formula is C17H21N7. The molecule has 0 radical (unpaired) electrons. The molecule has 1 saturated carbocycles. The Morgan fingerprint density at radius 1 is 1.12 bits per heavy atom. The minimum absolute atomic E-state index is 0.180. The molecular weight excluding hydrogens is 302 g/mol. The maximum absolute atomic E-state index is 6.29. The van der Waals surface area contributed by atoms with Crippen LogP contribution in [0.15, 0.2) is 30.7 Å². The first-order valence-corrected chi connectivity index (χ1v) is 8.29. The molecule has 2 atom stereocenters. The Bertz CT molecular complexity index is 857. The quantitative estimate of drug-likeness (QED) is 0.587. The standard InChI is InChI=1S/C17H21N7/c18-11-3-1-2-4-13(11)23-14-6-7-20-16-15(14)10(9-22-16)12-5-8-21-17(19)24-12/h5-9,11,13H,1-4,18H2,(H2,19,21,24)(H2,20,22,23). The molecule has 7 nitrogen and oxygen atoms in total. The third kappa shape index (κ3) is 2.67. The fraction of sp³-hybridized carbons (Fsp3) is 0.353. The zero-order valence-corrected chi connectivity index (χ0v) is 13.4. The van der Waals surface area contributed by atoms with Gasteiger partial charge in [-0.2, -0.15) is 0 Å². The molecule has 0 spiro atoms. The Labute approximate surface area is 139 Å². The number of pyridine rings is 1. The predicted octanol–water partition coefficient (Wildman–Crippen LogP) is 2.28. The van der Waals surface area contributed by atoms with Crippen molar-refractivity contribution in [2.24, 2.45) is 5.73 Å². The summed E-state index contributed by atoms with van der Waals surface area (Å²) in [5, 5.41) is 4.63. The molecule has 124 valence electrons. The number of hydrogen-bond donors (Lipinski definition) is 4. The number of aromatic amines is 1. The Hall–Kier alpha value is -2.67. The number of fused-ring (bicyclic) bond motifs is 1. The maximum Gasteiger partial charge on any atom is 0.220 e. The van der Waals surface area contributed by atoms with Gasteiger partial charge in [0.2, 0.25) is 5.95 Å². The van der Waals surface area contributed by atoms with Crippen LogP contribution in [0.1, 0.15) is 25.7 Å². The molecule has 7 heteroatoms. The van der Waals surface area contributed by atoms with E-state index >= 15 is 0 Å². The van der Waals surface area contributed by atoms with Gasteiger partial charge in [-0.05, 0) is 25.0 Å². The Morgan fingerprint density at radius 2 is 1.96 bits per heavy atom. The summed E-state index contributed by atoms with van der Waals surface area (Å²) in [6, 6.07) is 4.30. The predicted molar refractivity (Wildman–Crippen MR) is 95.4 cm³/mol. The molecule has 3 aromatic heterocycles. The number of nitrogens with two attached hydrogens (primary N) is 2. The van der Waals surface area contributed by atoms with E-state index in [9.17, 15) is 0 Å². The van der Waals surface area contributed by atoms with Gasteiger partial charge in [-0.1, -0.05) is 12.8 Å². The van der Waals surface area contributed by atoms with Crippen LogP contribution in [-0.4, -0.2) is 32.0 Å². The minimum atomic E-state index is 0.180. The monoisotopic (exact) mass is 323 g/mol. The fourth-order valence-electron chi connectivity index (χ4n) is 3.44. The highest BCUT2D eigenvalue weighted by atomic mass is 15.0. The largest absolute Gasteiger partial charge is 0.380 e. The number of H-pyrrole nitrogens is 1. The van der Waals surface area contributed by atoms with Crippen LogP contribution >= 0.6 is 0 Å². The van der Waals surface area contributed by atoms with Gasteiger partial charge >= 0.3 is 0 Å². The third-order valence-electron chi connectivity index (χ3n) is 4.68. The van der Waals surface area contributed by atoms with Crippen molar-refractivity contribution in [1.29, 1.82) is 0 Å². The lowest BCUT2D eigenvalue weighted by atomic mass is 9.90. The zero-order valence-electron chi connectivity index (χ0n) is 13.4. The molecule has 4 rings (SSSR count). The molecule has 1 aliphatic carbocycles. The van der Waals surface area contributed by atoms with E-state index < -0.39 is 0 Å². The lowest BCUT2D eigenvalue weighted by Crippen LogP contribution is -2.42. The number of rotatable bonds is 3. The van der Waals surface area contributed by atoms with Crippen molar-refractivity contribution >= 4 is 22.7 Å². The van der Waals surface area contributed by atoms with Crippen LogP contribution < -0.4 is 16.8 Å². The van der Waals surface area contributed by atoms with Gasteiger partial charge in [0, 0.05) is 41.9 Å². The van der Waals surface area contributed by atoms with Crippen molar-refractivity contribution in [2.45, 2.75) is 37.8 Å². The van der Waals surface area contributed by atoms with Crippen LogP contribution in [0, 0.1) is 0 Å². The van der Waals surface area contributed by atoms with Crippen LogP contribution in [0.3, 0.4) is 0 Å². The summed E-state index contributed by atoms with van der Waals surface area (Å²) in [5.74, 6) is 0.259. The van der Waals surface area contributed by atoms with Crippen LogP contribution in [0.25, 0.3) is 22.3 Å². The van der Waals surface area contributed by atoms with E-state index in [1.54, 1.807) is 12.4 Å². The van der Waals surface area contributed by atoms with Gasteiger partial charge in [0.15, 0.2) is 0 Å². The van der Waals surface area contributed by atoms with E-state index in [1.165, 1.54) is 12.8 Å². The molecule has 2 unspecified atom stereocenters. The molecule has 1 fully saturated rings. The Balaban J connectivity index is 1.77. The molecule has 24 heavy (non-hydrogen) atoms. The maximum atomic E-state index is 6.29. The molecule has 0 amide bonds. The number of nitrogens with one attached hydrogen (secondary N) is 2. The lowest BCUT2D eigenvalue weighted by Gasteiger charge is -2.30. The second kappa shape index (κ2) is 6.09. The van der Waals surface area contributed by atoms with Crippen LogP contribution in [-0.2, 0) is 0 Å². The summed E-state index contributed by atoms with van der Waals surface area (Å²) in [7, 11) is 0. The summed E-state index contributed by atoms with van der Waals surface area (Å²) in [6.45, 7) is 0. The van der Waals surface area contributed by atoms with E-state index in [2.05, 4.69) is 25.3 Å². The van der Waals surface area contributed by atoms with Gasteiger partial charge < -0.3 is 21.8 Å². The van der Waals surface area contributed by atoms with Crippen molar-refractivity contribution in [3.05, 3.63) is 30.7 Å². The van der Waals surface area contributed by atoms with E-state index in [1.807, 2.05) is 18.3 Å². The van der Waals surface area contributed by atoms with E-state index in [-0.39, 0.29) is 18.0 Å². The van der Waals surface area contributed by atoms with Crippen molar-refractivity contribution < 1.29 is 0 Å². The molecule has 1 aliphatic rings. The van der Waals surface area contributed by atoms with Crippen molar-refractivity contribution in [3.8, 4) is 11.3 Å². The normalized spacial score (nSPS) is 21.0. The fourth-order valence-corrected chi connectivity index (χ4v) is 3.44. The molecule has 0 bridgehead atoms. The number of nitrogen functional groups attached to an aromatic ring is 1. The third-order valence-corrected chi connectivity index (χ3v) is 4.68. The topological polar surface area (TPSA) is 119 Å². The number of anilines is 2. The van der Waals surface area contributed by atoms with Gasteiger partial charge in [0.1, 0.15) is 5.65 Å². The lowest BCUT2D eigenvalue weighted by molar-refractivity contribution is 0.404. The van der Waals surface area contributed by atoms with E-state index in [0.717, 1.165) is 40.8 Å². The molecule has 0 aromatic carbocycles. The smallest absolute Gasteiger partial charge is 0.220 e. The molecule has 6 N–H and O–H groups in total. The number of nitrogens with zero attached hydrogens (tertiary/aromatic N) is 3. The molecule has 0 saturated heterocycles. The SMILES string of the molecule is Nc1nccc(-c2c[nH]c3nccc(NC4CCCCC4N)c23)n1. The van der Waals surface area contributed by atoms with E-state index in [4.69, 9.17) is 11.5 Å². The molecule has 3 aromatic rings. The summed E-state index contributed by atoms with van der Waals surface area (Å²) < 4.78 is 0. The Morgan fingerprint density at radius 3 is 2.79 bits per heavy atom. The first-order chi connectivity index (χ1) is 11.7. The highest BCUT2D eigenvalue weighted by Crippen LogP contribution is 2.33. The second-order valence-electron chi connectivity index (χ2n) is 6.28. The van der Waals surface area contributed by atoms with Gasteiger partial charge in [-0.15, -0.1) is 0 Å². The van der Waals surface area contributed by atoms with Gasteiger partial charge in [0.25, 0.3) is 0 Å². The Kier molecular flexibility index (Phi) is 3.78. The average Bonchev–Trinajstić information content (AvgIpc) is 3.02. The second-order valence-corrected chi connectivity index (χ2v) is 6.28. The van der Waals surface area contributed by atoms with Gasteiger partial charge in [0.05, 0.1) is 11.1 Å². The van der Waals surface area contributed by atoms with Gasteiger partial charge in [-0.25, -0.2) is 15.0 Å². The van der Waals surface area contributed by atoms with Crippen LogP contribution in [0.4, 0.5) is 11.6 Å². The number of hydrogen-bond acceptors (Lipinski definition) is 6. The highest BCUT2D eigenvalue weighted by molar-refractivity contribution is 6.01. The summed E-state index contributed by atoms with van der Waals surface area (Å²) in [6.07, 6.45) is 9.94. The van der Waals surface area contributed by atoms with Crippen LogP contribution in [0.2, 0.25) is 0 Å². The van der Waals surface area contributed by atoms with Crippen molar-refractivity contribution in [2.75, 3.05) is 11.1 Å². The summed E-state index contributed by atoms with van der Waals surface area (Å²) in [4.78, 5) is 15.9. The van der Waals surface area contributed by atoms with Crippen molar-refractivity contribution in [3.63, 3.8) is 0 Å². The summed E-state index contributed by atoms with van der Waals surface area (Å²) in [5.41, 5.74) is 15.6. The van der Waals surface area contributed by atoms with Crippen molar-refractivity contribution in [1.82, 2.24) is 19.9 Å². The first kappa shape index (κ1) is 14.9. The summed E-state index contributed by atoms with van der Waals surface area (Å²) >= 11 is 0. The molecule has 0 aliphatic heterocycles. The first-order valence-electron chi connectivity index (χ1n) is 8.29. The molecule has 3 heterocycles. The van der Waals surface area contributed by atoms with E-state index in [0.29, 0.717) is 0 Å². The highest BCUT2D eigenvalue weighted by Gasteiger charge is 2.23. The number of aromatic nitrogens is 4.